The standard InChI is InChI=1S/C26H54O2/c1-23(21-25(3,4)5)15-19-27-17-13-11-9-10-12-14-18-28-20-16-24(2)22-26(6,7)8/h23-24H,9-22H2,1-8H3. The van der Waals surface area contributed by atoms with E-state index in [0.717, 1.165) is 38.3 Å². The van der Waals surface area contributed by atoms with Crippen molar-refractivity contribution in [3.63, 3.8) is 0 Å². The molecule has 2 unspecified atom stereocenters. The van der Waals surface area contributed by atoms with Crippen LogP contribution in [0.5, 0.6) is 0 Å². The van der Waals surface area contributed by atoms with Crippen LogP contribution in [-0.2, 0) is 9.47 Å². The molecule has 0 bridgehead atoms. The molecule has 0 aliphatic carbocycles. The molecule has 28 heavy (non-hydrogen) atoms. The van der Waals surface area contributed by atoms with Crippen molar-refractivity contribution in [1.82, 2.24) is 0 Å². The van der Waals surface area contributed by atoms with Crippen LogP contribution >= 0.6 is 0 Å². The summed E-state index contributed by atoms with van der Waals surface area (Å²) >= 11 is 0. The van der Waals surface area contributed by atoms with Gasteiger partial charge in [0.15, 0.2) is 0 Å². The lowest BCUT2D eigenvalue weighted by atomic mass is 9.84. The molecule has 0 spiro atoms. The Hall–Kier alpha value is -0.0800. The van der Waals surface area contributed by atoms with E-state index in [1.165, 1.54) is 64.2 Å². The Morgan fingerprint density at radius 1 is 0.500 bits per heavy atom. The molecule has 0 aliphatic heterocycles. The minimum absolute atomic E-state index is 0.440. The molecule has 0 saturated heterocycles. The number of unbranched alkanes of at least 4 members (excludes halogenated alkanes) is 5. The van der Waals surface area contributed by atoms with Crippen LogP contribution in [0.15, 0.2) is 0 Å². The van der Waals surface area contributed by atoms with Crippen LogP contribution in [0.4, 0.5) is 0 Å². The van der Waals surface area contributed by atoms with Crippen molar-refractivity contribution in [2.45, 2.75) is 120 Å². The average molecular weight is 399 g/mol. The van der Waals surface area contributed by atoms with Gasteiger partial charge in [-0.15, -0.1) is 0 Å². The van der Waals surface area contributed by atoms with Crippen molar-refractivity contribution in [3.8, 4) is 0 Å². The van der Waals surface area contributed by atoms with Gasteiger partial charge in [0.2, 0.25) is 0 Å². The SMILES string of the molecule is CC(CCOCCCCCCCCOCCC(C)CC(C)(C)C)CC(C)(C)C. The minimum Gasteiger partial charge on any atom is -0.381 e. The minimum atomic E-state index is 0.440. The first-order valence-corrected chi connectivity index (χ1v) is 12.1. The lowest BCUT2D eigenvalue weighted by Gasteiger charge is -2.23. The highest BCUT2D eigenvalue weighted by molar-refractivity contribution is 4.67. The highest BCUT2D eigenvalue weighted by Crippen LogP contribution is 2.26. The summed E-state index contributed by atoms with van der Waals surface area (Å²) in [5.74, 6) is 1.54. The molecule has 0 aromatic rings. The van der Waals surface area contributed by atoms with E-state index in [2.05, 4.69) is 55.4 Å². The molecule has 2 heteroatoms. The van der Waals surface area contributed by atoms with E-state index in [0.29, 0.717) is 10.8 Å². The Morgan fingerprint density at radius 3 is 1.14 bits per heavy atom. The van der Waals surface area contributed by atoms with Crippen LogP contribution in [0.3, 0.4) is 0 Å². The summed E-state index contributed by atoms with van der Waals surface area (Å²) in [7, 11) is 0. The maximum Gasteiger partial charge on any atom is 0.0468 e. The topological polar surface area (TPSA) is 18.5 Å². The monoisotopic (exact) mass is 398 g/mol. The summed E-state index contributed by atoms with van der Waals surface area (Å²) in [4.78, 5) is 0. The van der Waals surface area contributed by atoms with Gasteiger partial charge >= 0.3 is 0 Å². The zero-order chi connectivity index (χ0) is 21.5. The van der Waals surface area contributed by atoms with Crippen LogP contribution in [0.1, 0.15) is 120 Å². The Kier molecular flexibility index (Phi) is 15.7. The van der Waals surface area contributed by atoms with Crippen LogP contribution < -0.4 is 0 Å². The first-order chi connectivity index (χ1) is 13.0. The number of ether oxygens (including phenoxy) is 2. The van der Waals surface area contributed by atoms with Gasteiger partial charge in [0.05, 0.1) is 0 Å². The maximum absolute atomic E-state index is 5.82. The normalized spacial score (nSPS) is 15.0. The number of rotatable bonds is 17. The van der Waals surface area contributed by atoms with Gasteiger partial charge in [-0.05, 0) is 61.2 Å². The molecule has 0 aliphatic rings. The Labute approximate surface area is 178 Å². The lowest BCUT2D eigenvalue weighted by Crippen LogP contribution is -2.13. The zero-order valence-corrected chi connectivity index (χ0v) is 20.9. The fraction of sp³-hybridized carbons (Fsp3) is 1.00. The molecule has 2 nitrogen and oxygen atoms in total. The second kappa shape index (κ2) is 15.7. The first-order valence-electron chi connectivity index (χ1n) is 12.1. The van der Waals surface area contributed by atoms with Crippen molar-refractivity contribution in [1.29, 1.82) is 0 Å². The molecular formula is C26H54O2. The maximum atomic E-state index is 5.82. The third kappa shape index (κ3) is 22.2. The molecule has 0 fully saturated rings. The van der Waals surface area contributed by atoms with Crippen molar-refractivity contribution in [3.05, 3.63) is 0 Å². The van der Waals surface area contributed by atoms with Crippen molar-refractivity contribution < 1.29 is 9.47 Å². The lowest BCUT2D eigenvalue weighted by molar-refractivity contribution is 0.109. The fourth-order valence-corrected chi connectivity index (χ4v) is 4.18. The Balaban J connectivity index is 3.26. The molecule has 2 atom stereocenters. The molecule has 170 valence electrons. The summed E-state index contributed by atoms with van der Waals surface area (Å²) in [5.41, 5.74) is 0.879. The van der Waals surface area contributed by atoms with Gasteiger partial charge in [0.1, 0.15) is 0 Å². The van der Waals surface area contributed by atoms with E-state index in [9.17, 15) is 0 Å². The molecule has 0 saturated carbocycles. The Morgan fingerprint density at radius 2 is 0.821 bits per heavy atom. The quantitative estimate of drug-likeness (QED) is 0.229. The van der Waals surface area contributed by atoms with Crippen LogP contribution in [-0.4, -0.2) is 26.4 Å². The first kappa shape index (κ1) is 27.9. The molecule has 0 aromatic heterocycles. The smallest absolute Gasteiger partial charge is 0.0468 e. The van der Waals surface area contributed by atoms with E-state index in [1.54, 1.807) is 0 Å². The van der Waals surface area contributed by atoms with Crippen LogP contribution in [0.25, 0.3) is 0 Å². The molecule has 0 amide bonds. The van der Waals surface area contributed by atoms with E-state index in [-0.39, 0.29) is 0 Å². The largest absolute Gasteiger partial charge is 0.381 e. The molecular weight excluding hydrogens is 344 g/mol. The molecule has 0 radical (unpaired) electrons. The van der Waals surface area contributed by atoms with Crippen LogP contribution in [0, 0.1) is 22.7 Å². The second-order valence-corrected chi connectivity index (χ2v) is 11.7. The fourth-order valence-electron chi connectivity index (χ4n) is 4.18. The van der Waals surface area contributed by atoms with Crippen molar-refractivity contribution in [2.75, 3.05) is 26.4 Å². The van der Waals surface area contributed by atoms with E-state index >= 15 is 0 Å². The highest BCUT2D eigenvalue weighted by Gasteiger charge is 2.15. The number of hydrogen-bond acceptors (Lipinski definition) is 2. The second-order valence-electron chi connectivity index (χ2n) is 11.7. The predicted molar refractivity (Wildman–Crippen MR) is 125 cm³/mol. The van der Waals surface area contributed by atoms with Crippen molar-refractivity contribution in [2.24, 2.45) is 22.7 Å². The predicted octanol–water partition coefficient (Wildman–Crippen LogP) is 8.29. The zero-order valence-electron chi connectivity index (χ0n) is 20.9. The Bertz CT molecular complexity index is 303. The summed E-state index contributed by atoms with van der Waals surface area (Å²) < 4.78 is 11.6. The van der Waals surface area contributed by atoms with Crippen LogP contribution in [0.2, 0.25) is 0 Å². The van der Waals surface area contributed by atoms with Gasteiger partial charge in [-0.3, -0.25) is 0 Å². The van der Waals surface area contributed by atoms with Gasteiger partial charge in [-0.2, -0.15) is 0 Å². The van der Waals surface area contributed by atoms with E-state index in [4.69, 9.17) is 9.47 Å². The summed E-state index contributed by atoms with van der Waals surface area (Å²) in [6, 6.07) is 0. The van der Waals surface area contributed by atoms with E-state index < -0.39 is 0 Å². The molecule has 0 rings (SSSR count). The molecule has 0 N–H and O–H groups in total. The van der Waals surface area contributed by atoms with Gasteiger partial charge in [-0.25, -0.2) is 0 Å². The summed E-state index contributed by atoms with van der Waals surface area (Å²) in [6.45, 7) is 22.4. The van der Waals surface area contributed by atoms with Gasteiger partial charge in [-0.1, -0.05) is 81.1 Å². The number of hydrogen-bond donors (Lipinski definition) is 0. The third-order valence-corrected chi connectivity index (χ3v) is 5.26. The average Bonchev–Trinajstić information content (AvgIpc) is 2.51. The summed E-state index contributed by atoms with van der Waals surface area (Å²) in [5, 5.41) is 0. The van der Waals surface area contributed by atoms with Crippen molar-refractivity contribution >= 4 is 0 Å². The van der Waals surface area contributed by atoms with Gasteiger partial charge in [0, 0.05) is 26.4 Å². The third-order valence-electron chi connectivity index (χ3n) is 5.26. The highest BCUT2D eigenvalue weighted by atomic mass is 16.5. The van der Waals surface area contributed by atoms with E-state index in [1.807, 2.05) is 0 Å². The van der Waals surface area contributed by atoms with Gasteiger partial charge < -0.3 is 9.47 Å². The molecule has 0 heterocycles. The van der Waals surface area contributed by atoms with Gasteiger partial charge in [0.25, 0.3) is 0 Å². The summed E-state index contributed by atoms with van der Waals surface area (Å²) in [6.07, 6.45) is 12.7. The molecule has 0 aromatic carbocycles.